The highest BCUT2D eigenvalue weighted by molar-refractivity contribution is 7.91. The largest absolute Gasteiger partial charge is 0.250 e. The maximum absolute atomic E-state index is 11.7. The Labute approximate surface area is 99.5 Å². The number of aryl methyl sites for hydroxylation is 1. The molecular weight excluding hydrogens is 254 g/mol. The summed E-state index contributed by atoms with van der Waals surface area (Å²) in [6.07, 6.45) is 0.630. The molecule has 86 valence electrons. The Kier molecular flexibility index (Phi) is 4.58. The number of hydrogen-bond donors (Lipinski definition) is 1. The van der Waals surface area contributed by atoms with Crippen molar-refractivity contribution in [2.24, 2.45) is 0 Å². The zero-order valence-electron chi connectivity index (χ0n) is 8.66. The van der Waals surface area contributed by atoms with Gasteiger partial charge in [-0.15, -0.1) is 22.9 Å². The molecule has 1 unspecified atom stereocenters. The van der Waals surface area contributed by atoms with Crippen LogP contribution in [0.15, 0.2) is 16.3 Å². The second kappa shape index (κ2) is 5.30. The van der Waals surface area contributed by atoms with E-state index in [0.717, 1.165) is 4.88 Å². The van der Waals surface area contributed by atoms with Crippen LogP contribution >= 0.6 is 22.9 Å². The molecule has 0 saturated carbocycles. The zero-order chi connectivity index (χ0) is 11.5. The second-order valence-corrected chi connectivity index (χ2v) is 7.36. The predicted molar refractivity (Wildman–Crippen MR) is 64.2 cm³/mol. The maximum Gasteiger partial charge on any atom is 0.250 e. The summed E-state index contributed by atoms with van der Waals surface area (Å²) in [5, 5.41) is -0.0160. The van der Waals surface area contributed by atoms with Crippen LogP contribution in [0.25, 0.3) is 0 Å². The molecule has 1 aromatic rings. The molecule has 0 spiro atoms. The fraction of sp³-hybridized carbons (Fsp3) is 0.556. The number of halogens is 1. The fourth-order valence-electron chi connectivity index (χ4n) is 1.02. The molecule has 1 N–H and O–H groups in total. The van der Waals surface area contributed by atoms with Gasteiger partial charge in [-0.3, -0.25) is 0 Å². The van der Waals surface area contributed by atoms with E-state index in [0.29, 0.717) is 17.2 Å². The number of hydrogen-bond acceptors (Lipinski definition) is 3. The number of thiophene rings is 1. The molecule has 0 radical (unpaired) electrons. The van der Waals surface area contributed by atoms with Crippen LogP contribution in [0.5, 0.6) is 0 Å². The average molecular weight is 268 g/mol. The molecule has 6 heteroatoms. The van der Waals surface area contributed by atoms with E-state index >= 15 is 0 Å². The van der Waals surface area contributed by atoms with Gasteiger partial charge in [-0.05, 0) is 32.4 Å². The molecule has 15 heavy (non-hydrogen) atoms. The van der Waals surface area contributed by atoms with Crippen LogP contribution in [-0.4, -0.2) is 20.3 Å². The predicted octanol–water partition coefficient (Wildman–Crippen LogP) is 2.35. The third-order valence-electron chi connectivity index (χ3n) is 1.81. The number of sulfonamides is 1. The van der Waals surface area contributed by atoms with E-state index in [1.54, 1.807) is 12.1 Å². The van der Waals surface area contributed by atoms with Crippen LogP contribution in [0.3, 0.4) is 0 Å². The maximum atomic E-state index is 11.7. The molecule has 0 aliphatic rings. The lowest BCUT2D eigenvalue weighted by atomic mass is 10.3. The molecule has 0 fully saturated rings. The van der Waals surface area contributed by atoms with Crippen molar-refractivity contribution in [3.63, 3.8) is 0 Å². The number of rotatable bonds is 5. The molecule has 0 bridgehead atoms. The van der Waals surface area contributed by atoms with Crippen molar-refractivity contribution in [1.29, 1.82) is 0 Å². The summed E-state index contributed by atoms with van der Waals surface area (Å²) in [5.41, 5.74) is 0. The first-order valence-corrected chi connectivity index (χ1v) is 7.35. The van der Waals surface area contributed by atoms with Crippen molar-refractivity contribution in [2.75, 3.05) is 6.54 Å². The fourth-order valence-corrected chi connectivity index (χ4v) is 3.50. The van der Waals surface area contributed by atoms with Crippen molar-refractivity contribution < 1.29 is 8.42 Å². The van der Waals surface area contributed by atoms with Gasteiger partial charge in [0.05, 0.1) is 0 Å². The summed E-state index contributed by atoms with van der Waals surface area (Å²) >= 11 is 6.99. The first-order valence-electron chi connectivity index (χ1n) is 4.62. The van der Waals surface area contributed by atoms with Gasteiger partial charge in [-0.25, -0.2) is 13.1 Å². The van der Waals surface area contributed by atoms with Crippen molar-refractivity contribution in [1.82, 2.24) is 4.72 Å². The van der Waals surface area contributed by atoms with Crippen LogP contribution < -0.4 is 4.72 Å². The quantitative estimate of drug-likeness (QED) is 0.833. The summed E-state index contributed by atoms with van der Waals surface area (Å²) in [5.74, 6) is 0. The lowest BCUT2D eigenvalue weighted by molar-refractivity contribution is 0.581. The van der Waals surface area contributed by atoms with E-state index < -0.39 is 10.0 Å². The van der Waals surface area contributed by atoms with Crippen LogP contribution in [0, 0.1) is 6.92 Å². The molecule has 0 aliphatic heterocycles. The van der Waals surface area contributed by atoms with E-state index in [9.17, 15) is 8.42 Å². The molecule has 3 nitrogen and oxygen atoms in total. The molecule has 1 atom stereocenters. The topological polar surface area (TPSA) is 46.2 Å². The van der Waals surface area contributed by atoms with Crippen molar-refractivity contribution >= 4 is 33.0 Å². The number of alkyl halides is 1. The Hall–Kier alpha value is -0.100. The van der Waals surface area contributed by atoms with Crippen molar-refractivity contribution in [2.45, 2.75) is 29.9 Å². The Morgan fingerprint density at radius 3 is 2.67 bits per heavy atom. The molecular formula is C9H14ClNO2S2. The lowest BCUT2D eigenvalue weighted by Crippen LogP contribution is -2.25. The Balaban J connectivity index is 2.60. The minimum atomic E-state index is -3.33. The van der Waals surface area contributed by atoms with Crippen LogP contribution in [0.2, 0.25) is 0 Å². The van der Waals surface area contributed by atoms with Gasteiger partial charge in [-0.1, -0.05) is 0 Å². The standard InChI is InChI=1S/C9H14ClNO2S2/c1-7(10)5-6-11-15(12,13)9-4-3-8(2)14-9/h3-4,7,11H,5-6H2,1-2H3. The summed E-state index contributed by atoms with van der Waals surface area (Å²) in [7, 11) is -3.33. The third kappa shape index (κ3) is 4.10. The normalized spacial score (nSPS) is 14.1. The highest BCUT2D eigenvalue weighted by Gasteiger charge is 2.15. The molecule has 1 rings (SSSR count). The number of nitrogens with one attached hydrogen (secondary N) is 1. The zero-order valence-corrected chi connectivity index (χ0v) is 11.0. The summed E-state index contributed by atoms with van der Waals surface area (Å²) < 4.78 is 26.2. The van der Waals surface area contributed by atoms with Gasteiger partial charge in [0.1, 0.15) is 4.21 Å². The van der Waals surface area contributed by atoms with Crippen LogP contribution in [0.1, 0.15) is 18.2 Å². The molecule has 0 amide bonds. The molecule has 1 aromatic heterocycles. The van der Waals surface area contributed by atoms with Crippen LogP contribution in [-0.2, 0) is 10.0 Å². The third-order valence-corrected chi connectivity index (χ3v) is 4.99. The average Bonchev–Trinajstić information content (AvgIpc) is 2.51. The Bertz CT molecular complexity index is 412. The summed E-state index contributed by atoms with van der Waals surface area (Å²) in [6, 6.07) is 3.41. The Morgan fingerprint density at radius 2 is 2.20 bits per heavy atom. The van der Waals surface area contributed by atoms with Crippen molar-refractivity contribution in [3.8, 4) is 0 Å². The van der Waals surface area contributed by atoms with E-state index in [-0.39, 0.29) is 5.38 Å². The minimum Gasteiger partial charge on any atom is -0.210 e. The minimum absolute atomic E-state index is 0.0160. The molecule has 0 aliphatic carbocycles. The first kappa shape index (κ1) is 13.0. The molecule has 0 aromatic carbocycles. The monoisotopic (exact) mass is 267 g/mol. The van der Waals surface area contributed by atoms with Gasteiger partial charge in [0.25, 0.3) is 0 Å². The second-order valence-electron chi connectivity index (χ2n) is 3.33. The van der Waals surface area contributed by atoms with Gasteiger partial charge in [0.15, 0.2) is 0 Å². The van der Waals surface area contributed by atoms with Crippen LogP contribution in [0.4, 0.5) is 0 Å². The molecule has 0 saturated heterocycles. The smallest absolute Gasteiger partial charge is 0.210 e. The van der Waals surface area contributed by atoms with E-state index in [1.807, 2.05) is 13.8 Å². The van der Waals surface area contributed by atoms with E-state index in [4.69, 9.17) is 11.6 Å². The van der Waals surface area contributed by atoms with E-state index in [2.05, 4.69) is 4.72 Å². The first-order chi connectivity index (χ1) is 6.92. The highest BCUT2D eigenvalue weighted by Crippen LogP contribution is 2.20. The Morgan fingerprint density at radius 1 is 1.53 bits per heavy atom. The van der Waals surface area contributed by atoms with Gasteiger partial charge in [0, 0.05) is 16.8 Å². The van der Waals surface area contributed by atoms with Gasteiger partial charge >= 0.3 is 0 Å². The molecule has 1 heterocycles. The summed E-state index contributed by atoms with van der Waals surface area (Å²) in [6.45, 7) is 4.10. The SMILES string of the molecule is Cc1ccc(S(=O)(=O)NCCC(C)Cl)s1. The summed E-state index contributed by atoms with van der Waals surface area (Å²) in [4.78, 5) is 0.987. The highest BCUT2D eigenvalue weighted by atomic mass is 35.5. The van der Waals surface area contributed by atoms with E-state index in [1.165, 1.54) is 11.3 Å². The van der Waals surface area contributed by atoms with Crippen molar-refractivity contribution in [3.05, 3.63) is 17.0 Å². The van der Waals surface area contributed by atoms with Gasteiger partial charge in [0.2, 0.25) is 10.0 Å². The van der Waals surface area contributed by atoms with Gasteiger partial charge < -0.3 is 0 Å². The lowest BCUT2D eigenvalue weighted by Gasteiger charge is -2.05. The van der Waals surface area contributed by atoms with Gasteiger partial charge in [-0.2, -0.15) is 0 Å².